The molecule has 0 aromatic heterocycles. The standard InChI is InChI=1S/C12H21NO/c1-5-7-12(2)8-6-10(11(12)14)9-13(3)4/h9H,5-8H2,1-4H3. The molecule has 1 aliphatic carbocycles. The van der Waals surface area contributed by atoms with Crippen molar-refractivity contribution in [3.63, 3.8) is 0 Å². The lowest BCUT2D eigenvalue weighted by atomic mass is 9.83. The van der Waals surface area contributed by atoms with Crippen molar-refractivity contribution in [3.8, 4) is 0 Å². The largest absolute Gasteiger partial charge is 0.383 e. The fourth-order valence-electron chi connectivity index (χ4n) is 2.25. The van der Waals surface area contributed by atoms with Crippen LogP contribution in [0.15, 0.2) is 11.8 Å². The number of hydrogen-bond donors (Lipinski definition) is 0. The zero-order chi connectivity index (χ0) is 10.8. The number of ketones is 1. The summed E-state index contributed by atoms with van der Waals surface area (Å²) in [6.45, 7) is 4.25. The number of nitrogens with zero attached hydrogens (tertiary/aromatic N) is 1. The Morgan fingerprint density at radius 3 is 2.64 bits per heavy atom. The van der Waals surface area contributed by atoms with Crippen LogP contribution < -0.4 is 0 Å². The first kappa shape index (κ1) is 11.3. The van der Waals surface area contributed by atoms with Gasteiger partial charge in [0.25, 0.3) is 0 Å². The average Bonchev–Trinajstić information content (AvgIpc) is 2.33. The molecule has 0 aromatic rings. The maximum atomic E-state index is 12.1. The van der Waals surface area contributed by atoms with Crippen molar-refractivity contribution < 1.29 is 4.79 Å². The van der Waals surface area contributed by atoms with Gasteiger partial charge in [0.2, 0.25) is 0 Å². The van der Waals surface area contributed by atoms with E-state index in [9.17, 15) is 4.79 Å². The van der Waals surface area contributed by atoms with Crippen molar-refractivity contribution in [2.45, 2.75) is 39.5 Å². The molecule has 0 heterocycles. The fraction of sp³-hybridized carbons (Fsp3) is 0.750. The lowest BCUT2D eigenvalue weighted by Gasteiger charge is -2.20. The number of carbonyl (C=O) groups is 1. The zero-order valence-electron chi connectivity index (χ0n) is 9.76. The van der Waals surface area contributed by atoms with Crippen LogP contribution in [0.3, 0.4) is 0 Å². The van der Waals surface area contributed by atoms with Crippen molar-refractivity contribution in [2.75, 3.05) is 14.1 Å². The summed E-state index contributed by atoms with van der Waals surface area (Å²) in [6, 6.07) is 0. The van der Waals surface area contributed by atoms with Gasteiger partial charge in [-0.3, -0.25) is 4.79 Å². The SMILES string of the molecule is CCCC1(C)CCC(=CN(C)C)C1=O. The minimum absolute atomic E-state index is 0.0728. The molecule has 1 atom stereocenters. The first-order valence-corrected chi connectivity index (χ1v) is 5.41. The summed E-state index contributed by atoms with van der Waals surface area (Å²) in [5, 5.41) is 0. The lowest BCUT2D eigenvalue weighted by molar-refractivity contribution is -0.122. The third-order valence-corrected chi connectivity index (χ3v) is 3.00. The van der Waals surface area contributed by atoms with Crippen LogP contribution in [0.25, 0.3) is 0 Å². The Hall–Kier alpha value is -0.790. The summed E-state index contributed by atoms with van der Waals surface area (Å²) in [7, 11) is 3.94. The Kier molecular flexibility index (Phi) is 3.35. The molecule has 2 heteroatoms. The van der Waals surface area contributed by atoms with E-state index in [1.807, 2.05) is 25.2 Å². The van der Waals surface area contributed by atoms with Crippen LogP contribution >= 0.6 is 0 Å². The average molecular weight is 195 g/mol. The molecule has 1 fully saturated rings. The van der Waals surface area contributed by atoms with Crippen LogP contribution in [0.1, 0.15) is 39.5 Å². The van der Waals surface area contributed by atoms with E-state index < -0.39 is 0 Å². The summed E-state index contributed by atoms with van der Waals surface area (Å²) in [5.41, 5.74) is 0.933. The Balaban J connectivity index is 2.78. The highest BCUT2D eigenvalue weighted by Gasteiger charge is 2.39. The van der Waals surface area contributed by atoms with Crippen LogP contribution in [0, 0.1) is 5.41 Å². The molecule has 0 amide bonds. The fourth-order valence-corrected chi connectivity index (χ4v) is 2.25. The second kappa shape index (κ2) is 4.16. The van der Waals surface area contributed by atoms with Gasteiger partial charge in [0.15, 0.2) is 5.78 Å². The predicted molar refractivity (Wildman–Crippen MR) is 59.0 cm³/mol. The van der Waals surface area contributed by atoms with Crippen molar-refractivity contribution in [1.29, 1.82) is 0 Å². The molecular weight excluding hydrogens is 174 g/mol. The number of allylic oxidation sites excluding steroid dienone is 1. The molecule has 1 saturated carbocycles. The summed E-state index contributed by atoms with van der Waals surface area (Å²) in [5.74, 6) is 0.369. The Bertz CT molecular complexity index is 255. The maximum Gasteiger partial charge on any atom is 0.166 e. The summed E-state index contributed by atoms with van der Waals surface area (Å²) in [6.07, 6.45) is 6.07. The minimum Gasteiger partial charge on any atom is -0.383 e. The summed E-state index contributed by atoms with van der Waals surface area (Å²) < 4.78 is 0. The molecule has 1 rings (SSSR count). The van der Waals surface area contributed by atoms with Crippen LogP contribution in [-0.2, 0) is 4.79 Å². The number of hydrogen-bond acceptors (Lipinski definition) is 2. The van der Waals surface area contributed by atoms with E-state index >= 15 is 0 Å². The molecule has 0 N–H and O–H groups in total. The summed E-state index contributed by atoms with van der Waals surface area (Å²) in [4.78, 5) is 14.0. The third kappa shape index (κ3) is 2.17. The van der Waals surface area contributed by atoms with Gasteiger partial charge >= 0.3 is 0 Å². The number of Topliss-reactive ketones (excluding diaryl/α,β-unsaturated/α-hetero) is 1. The quantitative estimate of drug-likeness (QED) is 0.645. The first-order valence-electron chi connectivity index (χ1n) is 5.41. The molecule has 0 aliphatic heterocycles. The van der Waals surface area contributed by atoms with Gasteiger partial charge in [0.1, 0.15) is 0 Å². The van der Waals surface area contributed by atoms with Gasteiger partial charge in [-0.05, 0) is 19.3 Å². The molecule has 80 valence electrons. The Morgan fingerprint density at radius 1 is 1.50 bits per heavy atom. The minimum atomic E-state index is -0.0728. The van der Waals surface area contributed by atoms with Gasteiger partial charge in [0, 0.05) is 31.3 Å². The van der Waals surface area contributed by atoms with Crippen molar-refractivity contribution in [2.24, 2.45) is 5.41 Å². The van der Waals surface area contributed by atoms with Crippen molar-refractivity contribution >= 4 is 5.78 Å². The molecule has 1 unspecified atom stereocenters. The Labute approximate surface area is 87.0 Å². The van der Waals surface area contributed by atoms with Gasteiger partial charge in [-0.1, -0.05) is 20.3 Å². The molecule has 0 aromatic carbocycles. The monoisotopic (exact) mass is 195 g/mol. The van der Waals surface area contributed by atoms with E-state index in [1.54, 1.807) is 0 Å². The van der Waals surface area contributed by atoms with Crippen LogP contribution in [0.4, 0.5) is 0 Å². The van der Waals surface area contributed by atoms with Gasteiger partial charge in [-0.2, -0.15) is 0 Å². The van der Waals surface area contributed by atoms with Gasteiger partial charge in [-0.25, -0.2) is 0 Å². The molecular formula is C12H21NO. The topological polar surface area (TPSA) is 20.3 Å². The summed E-state index contributed by atoms with van der Waals surface area (Å²) >= 11 is 0. The molecule has 0 spiro atoms. The molecule has 14 heavy (non-hydrogen) atoms. The van der Waals surface area contributed by atoms with Crippen molar-refractivity contribution in [3.05, 3.63) is 11.8 Å². The van der Waals surface area contributed by atoms with E-state index in [2.05, 4.69) is 13.8 Å². The highest BCUT2D eigenvalue weighted by atomic mass is 16.1. The van der Waals surface area contributed by atoms with Gasteiger partial charge in [0.05, 0.1) is 0 Å². The normalized spacial score (nSPS) is 30.0. The Morgan fingerprint density at radius 2 is 2.14 bits per heavy atom. The van der Waals surface area contributed by atoms with Gasteiger partial charge in [-0.15, -0.1) is 0 Å². The third-order valence-electron chi connectivity index (χ3n) is 3.00. The molecule has 0 bridgehead atoms. The van der Waals surface area contributed by atoms with Crippen LogP contribution in [-0.4, -0.2) is 24.8 Å². The van der Waals surface area contributed by atoms with E-state index in [0.717, 1.165) is 31.3 Å². The van der Waals surface area contributed by atoms with E-state index in [0.29, 0.717) is 5.78 Å². The van der Waals surface area contributed by atoms with E-state index in [1.165, 1.54) is 0 Å². The number of rotatable bonds is 3. The molecule has 0 saturated heterocycles. The van der Waals surface area contributed by atoms with E-state index in [4.69, 9.17) is 0 Å². The molecule has 0 radical (unpaired) electrons. The van der Waals surface area contributed by atoms with Crippen LogP contribution in [0.5, 0.6) is 0 Å². The predicted octanol–water partition coefficient (Wildman–Crippen LogP) is 2.60. The maximum absolute atomic E-state index is 12.1. The first-order chi connectivity index (χ1) is 6.49. The van der Waals surface area contributed by atoms with E-state index in [-0.39, 0.29) is 5.41 Å². The van der Waals surface area contributed by atoms with Gasteiger partial charge < -0.3 is 4.90 Å². The second-order valence-electron chi connectivity index (χ2n) is 4.76. The molecule has 2 nitrogen and oxygen atoms in total. The van der Waals surface area contributed by atoms with Crippen molar-refractivity contribution in [1.82, 2.24) is 4.90 Å². The lowest BCUT2D eigenvalue weighted by Crippen LogP contribution is -2.22. The highest BCUT2D eigenvalue weighted by Crippen LogP contribution is 2.41. The number of carbonyl (C=O) groups excluding carboxylic acids is 1. The molecule has 1 aliphatic rings. The highest BCUT2D eigenvalue weighted by molar-refractivity contribution is 6.01. The smallest absolute Gasteiger partial charge is 0.166 e. The second-order valence-corrected chi connectivity index (χ2v) is 4.76. The van der Waals surface area contributed by atoms with Crippen LogP contribution in [0.2, 0.25) is 0 Å². The zero-order valence-corrected chi connectivity index (χ0v) is 9.76.